The Kier molecular flexibility index (Phi) is 8.52. The highest BCUT2D eigenvalue weighted by atomic mass is 14.9. The van der Waals surface area contributed by atoms with Gasteiger partial charge in [0, 0.05) is 56.2 Å². The number of benzene rings is 4. The molecule has 4 N–H and O–H groups in total. The van der Waals surface area contributed by atoms with Gasteiger partial charge in [0.2, 0.25) is 0 Å². The van der Waals surface area contributed by atoms with Crippen LogP contribution in [0.25, 0.3) is 43.6 Å². The molecule has 0 fully saturated rings. The molecule has 240 valence electrons. The van der Waals surface area contributed by atoms with Crippen molar-refractivity contribution in [1.29, 1.82) is 0 Å². The average molecular weight is 647 g/mol. The number of para-hydroxylation sites is 2. The van der Waals surface area contributed by atoms with Crippen LogP contribution in [0.15, 0.2) is 109 Å². The first-order valence-electron chi connectivity index (χ1n) is 16.3. The van der Waals surface area contributed by atoms with Crippen LogP contribution in [0.4, 0.5) is 11.6 Å². The Balaban J connectivity index is 0.000000157. The van der Waals surface area contributed by atoms with Gasteiger partial charge < -0.3 is 11.5 Å². The fourth-order valence-electron chi connectivity index (χ4n) is 6.04. The Morgan fingerprint density at radius 1 is 0.460 bits per heavy atom. The number of pyridine rings is 4. The van der Waals surface area contributed by atoms with Gasteiger partial charge in [-0.05, 0) is 75.2 Å². The maximum Gasteiger partial charge on any atom is 0.150 e. The van der Waals surface area contributed by atoms with Crippen LogP contribution in [0, 0.1) is 51.4 Å². The summed E-state index contributed by atoms with van der Waals surface area (Å²) in [4.78, 5) is 17.8. The van der Waals surface area contributed by atoms with Crippen LogP contribution in [0.3, 0.4) is 0 Å². The molecule has 0 saturated heterocycles. The first kappa shape index (κ1) is 31.8. The number of hydrogen-bond acceptors (Lipinski definition) is 6. The third-order valence-corrected chi connectivity index (χ3v) is 8.58. The second-order valence-corrected chi connectivity index (χ2v) is 12.4. The summed E-state index contributed by atoms with van der Waals surface area (Å²) in [7, 11) is 0. The molecule has 0 aliphatic rings. The normalized spacial score (nSPS) is 10.6. The topological polar surface area (TPSA) is 104 Å². The van der Waals surface area contributed by atoms with Crippen LogP contribution < -0.4 is 11.5 Å². The number of nitrogens with two attached hydrogens (primary N) is 2. The summed E-state index contributed by atoms with van der Waals surface area (Å²) < 4.78 is 0. The highest BCUT2D eigenvalue weighted by molar-refractivity contribution is 6.09. The summed E-state index contributed by atoms with van der Waals surface area (Å²) >= 11 is 0. The number of nitrogen functional groups attached to an aromatic ring is 2. The van der Waals surface area contributed by atoms with Crippen molar-refractivity contribution in [3.8, 4) is 23.7 Å². The second kappa shape index (κ2) is 13.4. The standard InChI is InChI=1S/2C22H17N3/c2*1-14-7-9-17(15(2)11-14)10-8-16-12-19-18-5-3-4-6-20(18)25-22(23)21(19)24-13-16/h2*3-7,9,11-13H,1-2H3,(H2,23,25). The quantitative estimate of drug-likeness (QED) is 0.126. The van der Waals surface area contributed by atoms with Gasteiger partial charge in [0.1, 0.15) is 11.0 Å². The Morgan fingerprint density at radius 2 is 0.880 bits per heavy atom. The molecular formula is C44H34N6. The van der Waals surface area contributed by atoms with Gasteiger partial charge in [-0.3, -0.25) is 9.97 Å². The maximum absolute atomic E-state index is 6.06. The Hall–Kier alpha value is -6.76. The lowest BCUT2D eigenvalue weighted by Gasteiger charge is -2.06. The van der Waals surface area contributed by atoms with Crippen molar-refractivity contribution in [2.75, 3.05) is 11.5 Å². The van der Waals surface area contributed by atoms with Crippen molar-refractivity contribution in [2.24, 2.45) is 0 Å². The lowest BCUT2D eigenvalue weighted by atomic mass is 10.1. The van der Waals surface area contributed by atoms with E-state index in [4.69, 9.17) is 11.5 Å². The van der Waals surface area contributed by atoms with Crippen LogP contribution in [0.2, 0.25) is 0 Å². The molecule has 0 unspecified atom stereocenters. The lowest BCUT2D eigenvalue weighted by molar-refractivity contribution is 1.35. The summed E-state index contributed by atoms with van der Waals surface area (Å²) in [5, 5.41) is 4.04. The lowest BCUT2D eigenvalue weighted by Crippen LogP contribution is -1.96. The van der Waals surface area contributed by atoms with Gasteiger partial charge in [0.05, 0.1) is 11.0 Å². The van der Waals surface area contributed by atoms with Crippen molar-refractivity contribution < 1.29 is 0 Å². The highest BCUT2D eigenvalue weighted by Gasteiger charge is 2.09. The molecular weight excluding hydrogens is 613 g/mol. The molecule has 0 spiro atoms. The van der Waals surface area contributed by atoms with Crippen LogP contribution >= 0.6 is 0 Å². The van der Waals surface area contributed by atoms with Crippen molar-refractivity contribution >= 4 is 55.2 Å². The number of aryl methyl sites for hydroxylation is 4. The molecule has 4 heterocycles. The Morgan fingerprint density at radius 3 is 1.30 bits per heavy atom. The van der Waals surface area contributed by atoms with Crippen molar-refractivity contribution in [3.05, 3.63) is 154 Å². The molecule has 0 aliphatic carbocycles. The first-order valence-corrected chi connectivity index (χ1v) is 16.3. The SMILES string of the molecule is Cc1ccc(C#Cc2cnc3c(N)nc4ccccc4c3c2)c(C)c1.Cc1ccc(C#Cc2cnc3c(N)nc4ccccc4c3c2)c(C)c1. The summed E-state index contributed by atoms with van der Waals surface area (Å²) in [5.41, 5.74) is 23.9. The minimum Gasteiger partial charge on any atom is -0.382 e. The zero-order chi connectivity index (χ0) is 34.8. The summed E-state index contributed by atoms with van der Waals surface area (Å²) in [6.45, 7) is 8.33. The van der Waals surface area contributed by atoms with E-state index in [-0.39, 0.29) is 0 Å². The van der Waals surface area contributed by atoms with Gasteiger partial charge in [0.25, 0.3) is 0 Å². The number of rotatable bonds is 0. The molecule has 6 heteroatoms. The minimum atomic E-state index is 0.447. The Labute approximate surface area is 291 Å². The van der Waals surface area contributed by atoms with E-state index in [0.29, 0.717) is 11.6 Å². The molecule has 4 aromatic carbocycles. The minimum absolute atomic E-state index is 0.447. The van der Waals surface area contributed by atoms with Crippen LogP contribution in [-0.2, 0) is 0 Å². The van der Waals surface area contributed by atoms with Crippen molar-refractivity contribution in [1.82, 2.24) is 19.9 Å². The summed E-state index contributed by atoms with van der Waals surface area (Å²) in [5.74, 6) is 13.8. The molecule has 4 aromatic heterocycles. The zero-order valence-corrected chi connectivity index (χ0v) is 28.3. The third kappa shape index (κ3) is 6.52. The predicted molar refractivity (Wildman–Crippen MR) is 207 cm³/mol. The molecule has 0 bridgehead atoms. The molecule has 8 rings (SSSR count). The van der Waals surface area contributed by atoms with E-state index in [1.165, 1.54) is 22.3 Å². The molecule has 50 heavy (non-hydrogen) atoms. The molecule has 0 radical (unpaired) electrons. The molecule has 0 saturated carbocycles. The van der Waals surface area contributed by atoms with Crippen molar-refractivity contribution in [2.45, 2.75) is 27.7 Å². The number of fused-ring (bicyclic) bond motifs is 6. The second-order valence-electron chi connectivity index (χ2n) is 12.4. The van der Waals surface area contributed by atoms with E-state index in [1.807, 2.05) is 60.7 Å². The fraction of sp³-hybridized carbons (Fsp3) is 0.0909. The van der Waals surface area contributed by atoms with E-state index in [2.05, 4.69) is 108 Å². The summed E-state index contributed by atoms with van der Waals surface area (Å²) in [6, 6.07) is 32.5. The monoisotopic (exact) mass is 646 g/mol. The van der Waals surface area contributed by atoms with E-state index in [9.17, 15) is 0 Å². The van der Waals surface area contributed by atoms with Gasteiger partial charge in [-0.2, -0.15) is 0 Å². The van der Waals surface area contributed by atoms with E-state index in [1.54, 1.807) is 12.4 Å². The average Bonchev–Trinajstić information content (AvgIpc) is 3.11. The number of aromatic nitrogens is 4. The third-order valence-electron chi connectivity index (χ3n) is 8.58. The number of nitrogens with zero attached hydrogens (tertiary/aromatic N) is 4. The van der Waals surface area contributed by atoms with E-state index < -0.39 is 0 Å². The number of anilines is 2. The molecule has 8 aromatic rings. The van der Waals surface area contributed by atoms with Gasteiger partial charge in [-0.1, -0.05) is 95.5 Å². The van der Waals surface area contributed by atoms with Crippen LogP contribution in [0.5, 0.6) is 0 Å². The van der Waals surface area contributed by atoms with Gasteiger partial charge in [-0.25, -0.2) is 9.97 Å². The van der Waals surface area contributed by atoms with Crippen molar-refractivity contribution in [3.63, 3.8) is 0 Å². The van der Waals surface area contributed by atoms with Gasteiger partial charge in [-0.15, -0.1) is 0 Å². The molecule has 0 amide bonds. The van der Waals surface area contributed by atoms with E-state index >= 15 is 0 Å². The smallest absolute Gasteiger partial charge is 0.150 e. The largest absolute Gasteiger partial charge is 0.382 e. The zero-order valence-electron chi connectivity index (χ0n) is 28.3. The molecule has 0 aliphatic heterocycles. The van der Waals surface area contributed by atoms with Gasteiger partial charge >= 0.3 is 0 Å². The first-order chi connectivity index (χ1) is 24.2. The summed E-state index contributed by atoms with van der Waals surface area (Å²) in [6.07, 6.45) is 3.51. The molecule has 0 atom stereocenters. The maximum atomic E-state index is 6.06. The van der Waals surface area contributed by atoms with E-state index in [0.717, 1.165) is 65.9 Å². The predicted octanol–water partition coefficient (Wildman–Crippen LogP) is 8.76. The number of hydrogen-bond donors (Lipinski definition) is 2. The van der Waals surface area contributed by atoms with Gasteiger partial charge in [0.15, 0.2) is 11.6 Å². The van der Waals surface area contributed by atoms with Crippen LogP contribution in [0.1, 0.15) is 44.5 Å². The fourth-order valence-corrected chi connectivity index (χ4v) is 6.04. The van der Waals surface area contributed by atoms with Crippen LogP contribution in [-0.4, -0.2) is 19.9 Å². The molecule has 6 nitrogen and oxygen atoms in total. The highest BCUT2D eigenvalue weighted by Crippen LogP contribution is 2.28. The Bertz CT molecular complexity index is 2550.